The van der Waals surface area contributed by atoms with Crippen molar-refractivity contribution in [3.8, 4) is 11.5 Å². The lowest BCUT2D eigenvalue weighted by atomic mass is 9.60. The Balaban J connectivity index is 1.29. The van der Waals surface area contributed by atoms with Crippen molar-refractivity contribution in [1.29, 1.82) is 0 Å². The highest BCUT2D eigenvalue weighted by atomic mass is 32.3. The predicted molar refractivity (Wildman–Crippen MR) is 209 cm³/mol. The number of ether oxygens (including phenoxy) is 2. The topological polar surface area (TPSA) is 35.5 Å². The molecule has 0 fully saturated rings. The van der Waals surface area contributed by atoms with E-state index < -0.39 is 0 Å². The first-order valence-corrected chi connectivity index (χ1v) is 20.7. The van der Waals surface area contributed by atoms with Crippen molar-refractivity contribution in [3.05, 3.63) is 92.6 Å². The molecule has 2 atom stereocenters. The lowest BCUT2D eigenvalue weighted by Gasteiger charge is -2.42. The number of carbonyl (C=O) groups is 1. The second-order valence-electron chi connectivity index (χ2n) is 13.9. The zero-order chi connectivity index (χ0) is 32.5. The van der Waals surface area contributed by atoms with E-state index in [0.717, 1.165) is 33.2 Å². The summed E-state index contributed by atoms with van der Waals surface area (Å²) in [7, 11) is 3.43. The summed E-state index contributed by atoms with van der Waals surface area (Å²) in [5.74, 6) is 3.59. The van der Waals surface area contributed by atoms with Crippen molar-refractivity contribution in [2.24, 2.45) is 5.41 Å². The number of methoxy groups -OCH3 is 2. The number of ketones is 1. The van der Waals surface area contributed by atoms with Crippen LogP contribution in [0.15, 0.2) is 64.8 Å². The number of Topliss-reactive ketones (excluding diaryl/α,β-unsaturated/α-hetero) is 1. The monoisotopic (exact) mass is 722 g/mol. The third-order valence-corrected chi connectivity index (χ3v) is 17.6. The Morgan fingerprint density at radius 2 is 1.46 bits per heavy atom. The van der Waals surface area contributed by atoms with Gasteiger partial charge in [0.2, 0.25) is 0 Å². The zero-order valence-corrected chi connectivity index (χ0v) is 32.3. The second-order valence-corrected chi connectivity index (χ2v) is 21.1. The molecule has 3 aromatic carbocycles. The standard InChI is InChI=1S/C37H38O3S6/c1-36(2,3)22-17-21-13-14-23(39-7)27-25(21)28(31(22)40-8)30(38)26(29(27)37(4,5)6)20-11-9-19(10-12-20)24-18-43-34(44-24)35-45-32-33(46-35)42-16-15-41-32/h9-14,17-18,26,29H,15-16H2,1-8H3. The Bertz CT molecular complexity index is 1840. The maximum absolute atomic E-state index is 15.0. The molecule has 1 aliphatic carbocycles. The lowest BCUT2D eigenvalue weighted by Crippen LogP contribution is -2.34. The molecular weight excluding hydrogens is 685 g/mol. The fourth-order valence-electron chi connectivity index (χ4n) is 6.86. The molecule has 240 valence electrons. The molecule has 3 aliphatic heterocycles. The quantitative estimate of drug-likeness (QED) is 0.261. The Labute approximate surface area is 298 Å². The van der Waals surface area contributed by atoms with Gasteiger partial charge >= 0.3 is 0 Å². The zero-order valence-electron chi connectivity index (χ0n) is 27.4. The number of benzene rings is 3. The van der Waals surface area contributed by atoms with Crippen LogP contribution in [0.2, 0.25) is 0 Å². The molecule has 4 aliphatic rings. The van der Waals surface area contributed by atoms with Crippen molar-refractivity contribution in [1.82, 2.24) is 0 Å². The van der Waals surface area contributed by atoms with Gasteiger partial charge in [-0.1, -0.05) is 119 Å². The number of thioether (sulfide) groups is 6. The minimum absolute atomic E-state index is 0.0835. The molecule has 7 rings (SSSR count). The summed E-state index contributed by atoms with van der Waals surface area (Å²) in [6.07, 6.45) is 0. The van der Waals surface area contributed by atoms with Gasteiger partial charge in [0.25, 0.3) is 0 Å². The number of rotatable bonds is 4. The van der Waals surface area contributed by atoms with E-state index in [9.17, 15) is 4.79 Å². The summed E-state index contributed by atoms with van der Waals surface area (Å²) in [5, 5.41) is 4.32. The smallest absolute Gasteiger partial charge is 0.175 e. The third kappa shape index (κ3) is 5.68. The van der Waals surface area contributed by atoms with Gasteiger partial charge in [0.1, 0.15) is 11.5 Å². The Hall–Kier alpha value is -1.49. The minimum Gasteiger partial charge on any atom is -0.496 e. The molecule has 0 spiro atoms. The van der Waals surface area contributed by atoms with Crippen molar-refractivity contribution >= 4 is 92.0 Å². The molecule has 0 radical (unpaired) electrons. The summed E-state index contributed by atoms with van der Waals surface area (Å²) in [6.45, 7) is 13.3. The van der Waals surface area contributed by atoms with Crippen molar-refractivity contribution in [2.75, 3.05) is 25.7 Å². The lowest BCUT2D eigenvalue weighted by molar-refractivity contribution is 0.0905. The van der Waals surface area contributed by atoms with E-state index in [0.29, 0.717) is 11.3 Å². The number of carbonyl (C=O) groups excluding carboxylic acids is 1. The molecule has 0 saturated heterocycles. The molecule has 2 unspecified atom stereocenters. The highest BCUT2D eigenvalue weighted by molar-refractivity contribution is 8.43. The third-order valence-electron chi connectivity index (χ3n) is 8.88. The van der Waals surface area contributed by atoms with E-state index in [2.05, 4.69) is 89.4 Å². The van der Waals surface area contributed by atoms with Gasteiger partial charge in [0, 0.05) is 38.8 Å². The SMILES string of the molecule is COc1ccc2cc(C(C)(C)C)c(OC)c3c2c1C(C(C)(C)C)C(c1ccc(C2=CSC(=C4SC5=C(SCCS5)S4)S2)cc1)C3=O. The van der Waals surface area contributed by atoms with Gasteiger partial charge in [-0.25, -0.2) is 0 Å². The average molecular weight is 723 g/mol. The predicted octanol–water partition coefficient (Wildman–Crippen LogP) is 12.3. The van der Waals surface area contributed by atoms with Crippen molar-refractivity contribution in [3.63, 3.8) is 0 Å². The molecule has 0 amide bonds. The molecule has 0 bridgehead atoms. The minimum atomic E-state index is -0.374. The molecule has 0 aromatic heterocycles. The summed E-state index contributed by atoms with van der Waals surface area (Å²) >= 11 is 11.6. The van der Waals surface area contributed by atoms with E-state index in [-0.39, 0.29) is 28.4 Å². The maximum Gasteiger partial charge on any atom is 0.175 e. The van der Waals surface area contributed by atoms with Crippen LogP contribution in [0.25, 0.3) is 15.7 Å². The fourth-order valence-corrected chi connectivity index (χ4v) is 15.4. The molecule has 46 heavy (non-hydrogen) atoms. The number of hydrogen-bond acceptors (Lipinski definition) is 9. The molecular formula is C37H38O3S6. The highest BCUT2D eigenvalue weighted by Crippen LogP contribution is 2.65. The molecule has 0 saturated carbocycles. The first-order chi connectivity index (χ1) is 21.9. The maximum atomic E-state index is 15.0. The highest BCUT2D eigenvalue weighted by Gasteiger charge is 2.47. The molecule has 3 aromatic rings. The van der Waals surface area contributed by atoms with Crippen LogP contribution in [0.4, 0.5) is 0 Å². The van der Waals surface area contributed by atoms with E-state index in [1.54, 1.807) is 14.2 Å². The van der Waals surface area contributed by atoms with E-state index >= 15 is 0 Å². The molecule has 9 heteroatoms. The van der Waals surface area contributed by atoms with Crippen LogP contribution in [0.3, 0.4) is 0 Å². The Kier molecular flexibility index (Phi) is 8.93. The Morgan fingerprint density at radius 1 is 0.783 bits per heavy atom. The normalized spacial score (nSPS) is 21.7. The van der Waals surface area contributed by atoms with Crippen LogP contribution in [0.1, 0.15) is 86.0 Å². The van der Waals surface area contributed by atoms with E-state index in [1.165, 1.54) is 38.9 Å². The van der Waals surface area contributed by atoms with Gasteiger partial charge in [-0.2, -0.15) is 0 Å². The largest absolute Gasteiger partial charge is 0.496 e. The second kappa shape index (κ2) is 12.4. The molecule has 0 N–H and O–H groups in total. The van der Waals surface area contributed by atoms with Gasteiger partial charge in [-0.15, -0.1) is 23.5 Å². The van der Waals surface area contributed by atoms with Gasteiger partial charge in [0.05, 0.1) is 42.6 Å². The fraction of sp³-hybridized carbons (Fsp3) is 0.378. The van der Waals surface area contributed by atoms with E-state index in [1.807, 2.05) is 70.6 Å². The average Bonchev–Trinajstić information content (AvgIpc) is 3.69. The van der Waals surface area contributed by atoms with Gasteiger partial charge < -0.3 is 9.47 Å². The van der Waals surface area contributed by atoms with Gasteiger partial charge in [0.15, 0.2) is 5.78 Å². The van der Waals surface area contributed by atoms with Crippen LogP contribution in [-0.2, 0) is 5.41 Å². The molecule has 3 heterocycles. The summed E-state index contributed by atoms with van der Waals surface area (Å²) in [6, 6.07) is 15.1. The van der Waals surface area contributed by atoms with E-state index in [4.69, 9.17) is 9.47 Å². The van der Waals surface area contributed by atoms with Crippen LogP contribution in [0, 0.1) is 5.41 Å². The first-order valence-electron chi connectivity index (χ1n) is 15.4. The summed E-state index contributed by atoms with van der Waals surface area (Å²) < 4.78 is 17.9. The van der Waals surface area contributed by atoms with Crippen LogP contribution in [-0.4, -0.2) is 31.5 Å². The summed E-state index contributed by atoms with van der Waals surface area (Å²) in [4.78, 5) is 16.3. The van der Waals surface area contributed by atoms with Crippen LogP contribution < -0.4 is 9.47 Å². The Morgan fingerprint density at radius 3 is 2.04 bits per heavy atom. The first kappa shape index (κ1) is 33.0. The summed E-state index contributed by atoms with van der Waals surface area (Å²) in [5.41, 5.74) is 4.65. The van der Waals surface area contributed by atoms with Crippen LogP contribution >= 0.6 is 70.6 Å². The van der Waals surface area contributed by atoms with Crippen LogP contribution in [0.5, 0.6) is 11.5 Å². The van der Waals surface area contributed by atoms with Crippen molar-refractivity contribution < 1.29 is 14.3 Å². The van der Waals surface area contributed by atoms with Gasteiger partial charge in [-0.3, -0.25) is 4.79 Å². The van der Waals surface area contributed by atoms with Gasteiger partial charge in [-0.05, 0) is 44.9 Å². The van der Waals surface area contributed by atoms with Crippen molar-refractivity contribution in [2.45, 2.75) is 58.8 Å². The molecule has 3 nitrogen and oxygen atoms in total. The number of hydrogen-bond donors (Lipinski definition) is 0.